The smallest absolute Gasteiger partial charge is 0.262 e. The molecule has 0 aliphatic carbocycles. The average molecular weight is 425 g/mol. The first-order valence-electron chi connectivity index (χ1n) is 10.9. The number of carbonyl (C=O) groups is 2. The van der Waals surface area contributed by atoms with Crippen LogP contribution in [0.2, 0.25) is 0 Å². The summed E-state index contributed by atoms with van der Waals surface area (Å²) in [6.07, 6.45) is 0.868. The van der Waals surface area contributed by atoms with Crippen LogP contribution >= 0.6 is 0 Å². The summed E-state index contributed by atoms with van der Waals surface area (Å²) < 4.78 is 5.90. The molecule has 2 aromatic carbocycles. The molecule has 0 saturated heterocycles. The number of anilines is 1. The summed E-state index contributed by atoms with van der Waals surface area (Å²) in [5, 5.41) is 5.65. The molecule has 0 atom stereocenters. The summed E-state index contributed by atoms with van der Waals surface area (Å²) in [5.74, 6) is 0.289. The van der Waals surface area contributed by atoms with E-state index in [0.717, 1.165) is 12.0 Å². The predicted molar refractivity (Wildman–Crippen MR) is 127 cm³/mol. The van der Waals surface area contributed by atoms with E-state index in [0.29, 0.717) is 23.5 Å². The van der Waals surface area contributed by atoms with Gasteiger partial charge in [-0.25, -0.2) is 0 Å². The molecular formula is C26H36N2O3. The van der Waals surface area contributed by atoms with Crippen LogP contribution in [0.1, 0.15) is 76.4 Å². The van der Waals surface area contributed by atoms with Crippen molar-refractivity contribution >= 4 is 17.5 Å². The van der Waals surface area contributed by atoms with Crippen molar-refractivity contribution in [3.63, 3.8) is 0 Å². The van der Waals surface area contributed by atoms with E-state index in [-0.39, 0.29) is 29.3 Å². The molecule has 0 aliphatic heterocycles. The van der Waals surface area contributed by atoms with Gasteiger partial charge in [-0.05, 0) is 52.6 Å². The Kier molecular flexibility index (Phi) is 7.88. The van der Waals surface area contributed by atoms with Crippen molar-refractivity contribution in [2.45, 2.75) is 65.7 Å². The fourth-order valence-corrected chi connectivity index (χ4v) is 3.13. The highest BCUT2D eigenvalue weighted by Gasteiger charge is 2.23. The van der Waals surface area contributed by atoms with Gasteiger partial charge >= 0.3 is 0 Å². The van der Waals surface area contributed by atoms with Crippen LogP contribution in [0, 0.1) is 0 Å². The average Bonchev–Trinajstić information content (AvgIpc) is 2.69. The van der Waals surface area contributed by atoms with E-state index in [9.17, 15) is 9.59 Å². The van der Waals surface area contributed by atoms with Gasteiger partial charge in [-0.15, -0.1) is 0 Å². The Balaban J connectivity index is 2.09. The third-order valence-corrected chi connectivity index (χ3v) is 4.96. The lowest BCUT2D eigenvalue weighted by Crippen LogP contribution is -2.25. The maximum Gasteiger partial charge on any atom is 0.262 e. The van der Waals surface area contributed by atoms with E-state index in [4.69, 9.17) is 4.74 Å². The summed E-state index contributed by atoms with van der Waals surface area (Å²) in [6.45, 7) is 15.5. The molecule has 0 bridgehead atoms. The molecule has 0 spiro atoms. The molecular weight excluding hydrogens is 388 g/mol. The summed E-state index contributed by atoms with van der Waals surface area (Å²) in [5.41, 5.74) is 3.30. The van der Waals surface area contributed by atoms with Gasteiger partial charge in [0.1, 0.15) is 5.75 Å². The van der Waals surface area contributed by atoms with Crippen molar-refractivity contribution in [2.75, 3.05) is 18.5 Å². The van der Waals surface area contributed by atoms with Crippen LogP contribution in [0.4, 0.5) is 5.69 Å². The second kappa shape index (κ2) is 9.99. The van der Waals surface area contributed by atoms with Gasteiger partial charge in [-0.2, -0.15) is 0 Å². The second-order valence-corrected chi connectivity index (χ2v) is 9.88. The number of carbonyl (C=O) groups excluding carboxylic acids is 2. The Hall–Kier alpha value is -2.82. The molecule has 5 nitrogen and oxygen atoms in total. The largest absolute Gasteiger partial charge is 0.483 e. The molecule has 2 rings (SSSR count). The first-order chi connectivity index (χ1) is 14.4. The summed E-state index contributed by atoms with van der Waals surface area (Å²) >= 11 is 0. The quantitative estimate of drug-likeness (QED) is 0.622. The molecule has 2 aromatic rings. The van der Waals surface area contributed by atoms with Crippen LogP contribution in [-0.4, -0.2) is 25.0 Å². The van der Waals surface area contributed by atoms with E-state index in [1.807, 2.05) is 13.0 Å². The molecule has 0 aliphatic rings. The number of benzene rings is 2. The standard InChI is InChI=1S/C26H36N2O3/c1-8-14-27-24(30)18-10-9-11-20(15-18)28-23(29)17-31-22-13-12-19(25(2,3)4)16-21(22)26(5,6)7/h9-13,15-16H,8,14,17H2,1-7H3,(H,27,30)(H,28,29). The minimum absolute atomic E-state index is 0.0321. The molecule has 5 heteroatoms. The minimum Gasteiger partial charge on any atom is -0.483 e. The zero-order valence-electron chi connectivity index (χ0n) is 19.9. The molecule has 0 unspecified atom stereocenters. The number of hydrogen-bond acceptors (Lipinski definition) is 3. The number of hydrogen-bond donors (Lipinski definition) is 2. The highest BCUT2D eigenvalue weighted by molar-refractivity contribution is 5.97. The number of ether oxygens (including phenoxy) is 1. The van der Waals surface area contributed by atoms with Gasteiger partial charge < -0.3 is 15.4 Å². The molecule has 0 heterocycles. The lowest BCUT2D eigenvalue weighted by atomic mass is 9.80. The van der Waals surface area contributed by atoms with Gasteiger partial charge in [0.25, 0.3) is 11.8 Å². The van der Waals surface area contributed by atoms with Gasteiger partial charge in [-0.1, -0.05) is 66.7 Å². The zero-order chi connectivity index (χ0) is 23.2. The minimum atomic E-state index is -0.272. The van der Waals surface area contributed by atoms with Gasteiger partial charge in [-0.3, -0.25) is 9.59 Å². The molecule has 2 amide bonds. The SMILES string of the molecule is CCCNC(=O)c1cccc(NC(=O)COc2ccc(C(C)(C)C)cc2C(C)(C)C)c1. The van der Waals surface area contributed by atoms with Crippen LogP contribution in [0.3, 0.4) is 0 Å². The Morgan fingerprint density at radius 3 is 2.26 bits per heavy atom. The fourth-order valence-electron chi connectivity index (χ4n) is 3.13. The molecule has 2 N–H and O–H groups in total. The Labute approximate surface area is 186 Å². The molecule has 0 aromatic heterocycles. The third kappa shape index (κ3) is 7.12. The summed E-state index contributed by atoms with van der Waals surface area (Å²) in [4.78, 5) is 24.6. The van der Waals surface area contributed by atoms with Gasteiger partial charge in [0, 0.05) is 17.8 Å². The lowest BCUT2D eigenvalue weighted by Gasteiger charge is -2.27. The summed E-state index contributed by atoms with van der Waals surface area (Å²) in [7, 11) is 0. The first-order valence-corrected chi connectivity index (χ1v) is 10.9. The van der Waals surface area contributed by atoms with Crippen LogP contribution in [-0.2, 0) is 15.6 Å². The van der Waals surface area contributed by atoms with Crippen molar-refractivity contribution in [3.8, 4) is 5.75 Å². The number of nitrogens with one attached hydrogen (secondary N) is 2. The molecule has 168 valence electrons. The Morgan fingerprint density at radius 2 is 1.65 bits per heavy atom. The van der Waals surface area contributed by atoms with E-state index >= 15 is 0 Å². The maximum atomic E-state index is 12.5. The van der Waals surface area contributed by atoms with Crippen LogP contribution in [0.25, 0.3) is 0 Å². The molecule has 31 heavy (non-hydrogen) atoms. The zero-order valence-corrected chi connectivity index (χ0v) is 19.9. The van der Waals surface area contributed by atoms with Crippen LogP contribution in [0.15, 0.2) is 42.5 Å². The molecule has 0 radical (unpaired) electrons. The van der Waals surface area contributed by atoms with E-state index in [2.05, 4.69) is 64.3 Å². The van der Waals surface area contributed by atoms with E-state index in [1.54, 1.807) is 24.3 Å². The lowest BCUT2D eigenvalue weighted by molar-refractivity contribution is -0.118. The van der Waals surface area contributed by atoms with Crippen molar-refractivity contribution < 1.29 is 14.3 Å². The van der Waals surface area contributed by atoms with Crippen LogP contribution < -0.4 is 15.4 Å². The van der Waals surface area contributed by atoms with Crippen molar-refractivity contribution in [3.05, 3.63) is 59.2 Å². The van der Waals surface area contributed by atoms with Crippen LogP contribution in [0.5, 0.6) is 5.75 Å². The van der Waals surface area contributed by atoms with Gasteiger partial charge in [0.05, 0.1) is 0 Å². The Bertz CT molecular complexity index is 921. The van der Waals surface area contributed by atoms with E-state index < -0.39 is 0 Å². The number of amides is 2. The number of rotatable bonds is 7. The molecule has 0 saturated carbocycles. The maximum absolute atomic E-state index is 12.5. The molecule has 0 fully saturated rings. The van der Waals surface area contributed by atoms with Gasteiger partial charge in [0.15, 0.2) is 6.61 Å². The normalized spacial score (nSPS) is 11.7. The highest BCUT2D eigenvalue weighted by atomic mass is 16.5. The summed E-state index contributed by atoms with van der Waals surface area (Å²) in [6, 6.07) is 13.1. The second-order valence-electron chi connectivity index (χ2n) is 9.88. The van der Waals surface area contributed by atoms with Gasteiger partial charge in [0.2, 0.25) is 0 Å². The monoisotopic (exact) mass is 424 g/mol. The first kappa shape index (κ1) is 24.4. The van der Waals surface area contributed by atoms with E-state index in [1.165, 1.54) is 5.56 Å². The highest BCUT2D eigenvalue weighted by Crippen LogP contribution is 2.35. The third-order valence-electron chi connectivity index (χ3n) is 4.96. The van der Waals surface area contributed by atoms with Crippen molar-refractivity contribution in [1.29, 1.82) is 0 Å². The van der Waals surface area contributed by atoms with Crippen molar-refractivity contribution in [2.24, 2.45) is 0 Å². The Morgan fingerprint density at radius 1 is 0.935 bits per heavy atom. The van der Waals surface area contributed by atoms with Crippen molar-refractivity contribution in [1.82, 2.24) is 5.32 Å². The topological polar surface area (TPSA) is 67.4 Å². The fraction of sp³-hybridized carbons (Fsp3) is 0.462. The predicted octanol–water partition coefficient (Wildman–Crippen LogP) is 5.44.